The standard InChI is InChI=1S/C12H21N3O2.C11H19N3O3.C11H19N3O2.C10H17N3O3.C10H17N3O2.C9H16N4O2/c1-16-5-3-2-4-6-17-11-8-9(13)7-10(14)12(11)15;1-15-2-3-16-4-5-17-10-7-8(12)6-9(13)11(10)14;12-8-6-9(13)11(14)10(7-8)16-5-3-1-2-4-15;11-7-5-8(12)10(13)9(6-7)16-4-3-15-2-1-14;1-2-14-3-4-15-9-6-7(11)5-8(12)10(9)13;1-14-4-13-5-15-8-3-6(10)2-7(11)9(8)12/h7-8H,2-6,13-15H2,1H3;6-7H,2-5,12-14H2,1H3;6-7,15H,1-5,12-14H2;5-6,14H,1-4,11-13H2;5-6H,2-4,11-13H2,1H3;2-3,13H,4-5,10-12H2,1H3. The zero-order valence-electron chi connectivity index (χ0n) is 55.9. The van der Waals surface area contributed by atoms with Gasteiger partial charge in [-0.15, -0.1) is 0 Å². The Hall–Kier alpha value is -9.84. The van der Waals surface area contributed by atoms with Crippen LogP contribution in [0, 0.1) is 0 Å². The zero-order valence-corrected chi connectivity index (χ0v) is 55.9. The van der Waals surface area contributed by atoms with Crippen molar-refractivity contribution < 1.29 is 67.1 Å². The number of benzene rings is 6. The van der Waals surface area contributed by atoms with Gasteiger partial charge in [-0.2, -0.15) is 0 Å². The first-order valence-electron chi connectivity index (χ1n) is 30.5. The third kappa shape index (κ3) is 35.4. The SMILES string of the molecule is CCOCCOc1cc(N)cc(N)c1N.COCCCCCOc1cc(N)cc(N)c1N.COCCOCCOc1cc(N)cc(N)c1N.COCNCOc1cc(N)cc(N)c1N.Nc1cc(N)c(N)c(OCCCCCO)c1.Nc1cc(N)c(N)c(OCCOCCO)c1. The molecule has 0 atom stereocenters. The van der Waals surface area contributed by atoms with Crippen molar-refractivity contribution >= 4 is 102 Å². The van der Waals surface area contributed by atoms with Gasteiger partial charge in [-0.1, -0.05) is 0 Å². The van der Waals surface area contributed by atoms with Gasteiger partial charge in [-0.25, -0.2) is 0 Å². The number of nitrogens with two attached hydrogens (primary N) is 18. The number of nitrogen functional groups attached to an aromatic ring is 18. The van der Waals surface area contributed by atoms with Gasteiger partial charge in [-0.3, -0.25) is 5.32 Å². The largest absolute Gasteiger partial charge is 0.491 e. The zero-order chi connectivity index (χ0) is 71.8. The van der Waals surface area contributed by atoms with Crippen LogP contribution in [-0.4, -0.2) is 144 Å². The maximum absolute atomic E-state index is 8.61. The molecule has 6 rings (SSSR count). The van der Waals surface area contributed by atoms with Crippen molar-refractivity contribution in [2.75, 3.05) is 237 Å². The summed E-state index contributed by atoms with van der Waals surface area (Å²) in [7, 11) is 4.91. The Balaban J connectivity index is 0.000000576. The summed E-state index contributed by atoms with van der Waals surface area (Å²) in [5.41, 5.74) is 110. The highest BCUT2D eigenvalue weighted by Gasteiger charge is 2.11. The van der Waals surface area contributed by atoms with Crippen molar-refractivity contribution in [2.24, 2.45) is 0 Å². The summed E-state index contributed by atoms with van der Waals surface area (Å²) < 4.78 is 62.5. The molecule has 0 aliphatic rings. The molecule has 0 saturated heterocycles. The van der Waals surface area contributed by atoms with Gasteiger partial charge in [0.15, 0.2) is 0 Å². The van der Waals surface area contributed by atoms with E-state index in [1.807, 2.05) is 6.92 Å². The highest BCUT2D eigenvalue weighted by Crippen LogP contribution is 2.35. The molecular formula is C63H109N19O14. The van der Waals surface area contributed by atoms with Crippen LogP contribution in [0.3, 0.4) is 0 Å². The molecule has 0 heterocycles. The molecule has 0 aliphatic carbocycles. The highest BCUT2D eigenvalue weighted by molar-refractivity contribution is 5.79. The summed E-state index contributed by atoms with van der Waals surface area (Å²) in [6.45, 7) is 9.29. The van der Waals surface area contributed by atoms with E-state index in [0.717, 1.165) is 45.1 Å². The molecule has 0 aliphatic heterocycles. The van der Waals surface area contributed by atoms with Gasteiger partial charge in [-0.05, 0) is 81.8 Å². The molecule has 0 saturated carbocycles. The van der Waals surface area contributed by atoms with E-state index in [-0.39, 0.29) is 26.6 Å². The molecule has 33 nitrogen and oxygen atoms in total. The molecular weight excluding hydrogens is 1250 g/mol. The van der Waals surface area contributed by atoms with Crippen LogP contribution >= 0.6 is 0 Å². The molecule has 96 heavy (non-hydrogen) atoms. The number of anilines is 18. The van der Waals surface area contributed by atoms with Gasteiger partial charge in [0, 0.05) is 112 Å². The van der Waals surface area contributed by atoms with Crippen molar-refractivity contribution in [1.82, 2.24) is 5.32 Å². The van der Waals surface area contributed by atoms with Crippen LogP contribution in [0.25, 0.3) is 0 Å². The van der Waals surface area contributed by atoms with E-state index in [9.17, 15) is 0 Å². The van der Waals surface area contributed by atoms with E-state index in [1.54, 1.807) is 94.1 Å². The quantitative estimate of drug-likeness (QED) is 0.0151. The predicted molar refractivity (Wildman–Crippen MR) is 390 cm³/mol. The predicted octanol–water partition coefficient (Wildman–Crippen LogP) is 3.71. The third-order valence-corrected chi connectivity index (χ3v) is 12.4. The second-order valence-corrected chi connectivity index (χ2v) is 20.3. The third-order valence-electron chi connectivity index (χ3n) is 12.4. The van der Waals surface area contributed by atoms with Crippen LogP contribution in [0.2, 0.25) is 0 Å². The molecule has 0 bridgehead atoms. The number of rotatable bonds is 36. The van der Waals surface area contributed by atoms with Crippen molar-refractivity contribution in [2.45, 2.75) is 45.4 Å². The number of hydrogen-bond donors (Lipinski definition) is 21. The maximum Gasteiger partial charge on any atom is 0.148 e. The molecule has 33 heteroatoms. The number of aliphatic hydroxyl groups excluding tert-OH is 2. The number of hydrogen-bond acceptors (Lipinski definition) is 33. The minimum absolute atomic E-state index is 0.00658. The number of nitrogens with one attached hydrogen (secondary N) is 1. The molecule has 0 unspecified atom stereocenters. The molecule has 540 valence electrons. The molecule has 0 spiro atoms. The fraction of sp³-hybridized carbons (Fsp3) is 0.429. The number of ether oxygens (including phenoxy) is 12. The van der Waals surface area contributed by atoms with Gasteiger partial charge in [0.1, 0.15) is 61.0 Å². The van der Waals surface area contributed by atoms with E-state index in [2.05, 4.69) is 5.32 Å². The van der Waals surface area contributed by atoms with E-state index >= 15 is 0 Å². The second-order valence-electron chi connectivity index (χ2n) is 20.3. The van der Waals surface area contributed by atoms with Gasteiger partial charge in [0.2, 0.25) is 0 Å². The van der Waals surface area contributed by atoms with E-state index in [0.29, 0.717) is 216 Å². The monoisotopic (exact) mass is 1360 g/mol. The highest BCUT2D eigenvalue weighted by atomic mass is 16.5. The first-order valence-corrected chi connectivity index (χ1v) is 30.5. The molecule has 0 radical (unpaired) electrons. The summed E-state index contributed by atoms with van der Waals surface area (Å²) >= 11 is 0. The van der Waals surface area contributed by atoms with Crippen LogP contribution in [0.4, 0.5) is 102 Å². The second kappa shape index (κ2) is 49.7. The minimum atomic E-state index is -0.00658. The summed E-state index contributed by atoms with van der Waals surface area (Å²) in [6, 6.07) is 19.5. The molecule has 0 aromatic heterocycles. The van der Waals surface area contributed by atoms with Crippen molar-refractivity contribution in [3.8, 4) is 34.5 Å². The van der Waals surface area contributed by atoms with Gasteiger partial charge < -0.3 is 170 Å². The van der Waals surface area contributed by atoms with Gasteiger partial charge in [0.05, 0.1) is 134 Å². The molecule has 0 fully saturated rings. The van der Waals surface area contributed by atoms with Crippen LogP contribution in [-0.2, 0) is 28.4 Å². The average molecular weight is 1360 g/mol. The lowest BCUT2D eigenvalue weighted by atomic mass is 10.2. The summed E-state index contributed by atoms with van der Waals surface area (Å²) in [5, 5.41) is 20.0. The summed E-state index contributed by atoms with van der Waals surface area (Å²) in [4.78, 5) is 0. The topological polar surface area (TPSA) is 632 Å². The Kier molecular flexibility index (Phi) is 43.6. The summed E-state index contributed by atoms with van der Waals surface area (Å²) in [6.07, 6.45) is 5.64. The van der Waals surface area contributed by atoms with Crippen molar-refractivity contribution in [1.29, 1.82) is 0 Å². The molecule has 39 N–H and O–H groups in total. The van der Waals surface area contributed by atoms with E-state index in [4.69, 9.17) is 170 Å². The van der Waals surface area contributed by atoms with Crippen LogP contribution < -0.4 is 137 Å². The van der Waals surface area contributed by atoms with Gasteiger partial charge >= 0.3 is 0 Å². The number of methoxy groups -OCH3 is 3. The molecule has 6 aromatic carbocycles. The first kappa shape index (κ1) is 84.2. The Morgan fingerprint density at radius 1 is 0.271 bits per heavy atom. The fourth-order valence-corrected chi connectivity index (χ4v) is 7.48. The normalized spacial score (nSPS) is 10.3. The number of unbranched alkanes of at least 4 members (excludes halogenated alkanes) is 4. The van der Waals surface area contributed by atoms with Crippen LogP contribution in [0.15, 0.2) is 72.8 Å². The van der Waals surface area contributed by atoms with Crippen LogP contribution in [0.5, 0.6) is 34.5 Å². The van der Waals surface area contributed by atoms with Crippen molar-refractivity contribution in [3.05, 3.63) is 72.8 Å². The Bertz CT molecular complexity index is 2900. The van der Waals surface area contributed by atoms with Gasteiger partial charge in [0.25, 0.3) is 0 Å². The summed E-state index contributed by atoms with van der Waals surface area (Å²) in [5.74, 6) is 3.00. The lowest BCUT2D eigenvalue weighted by Gasteiger charge is -2.11. The Labute approximate surface area is 562 Å². The Morgan fingerprint density at radius 2 is 0.552 bits per heavy atom. The molecule has 0 amide bonds. The molecule has 6 aromatic rings. The van der Waals surface area contributed by atoms with Crippen molar-refractivity contribution in [3.63, 3.8) is 0 Å². The lowest BCUT2D eigenvalue weighted by Crippen LogP contribution is -2.22. The average Bonchev–Trinajstić information content (AvgIpc) is 0.971. The fourth-order valence-electron chi connectivity index (χ4n) is 7.48. The number of aliphatic hydroxyl groups is 2. The lowest BCUT2D eigenvalue weighted by molar-refractivity contribution is 0.0545. The van der Waals surface area contributed by atoms with Crippen LogP contribution in [0.1, 0.15) is 45.4 Å². The van der Waals surface area contributed by atoms with E-state index < -0.39 is 0 Å². The first-order chi connectivity index (χ1) is 45.9. The maximum atomic E-state index is 8.61. The Morgan fingerprint density at radius 3 is 0.854 bits per heavy atom. The smallest absolute Gasteiger partial charge is 0.148 e. The van der Waals surface area contributed by atoms with E-state index in [1.165, 1.54) is 0 Å². The minimum Gasteiger partial charge on any atom is -0.491 e.